The van der Waals surface area contributed by atoms with Crippen molar-refractivity contribution in [3.05, 3.63) is 79.7 Å². The highest BCUT2D eigenvalue weighted by atomic mass is 32.1. The highest BCUT2D eigenvalue weighted by molar-refractivity contribution is 7.13. The van der Waals surface area contributed by atoms with Gasteiger partial charge in [0.15, 0.2) is 0 Å². The number of amides is 2. The van der Waals surface area contributed by atoms with Crippen LogP contribution in [0.25, 0.3) is 0 Å². The van der Waals surface area contributed by atoms with Gasteiger partial charge in [-0.3, -0.25) is 19.6 Å². The zero-order valence-corrected chi connectivity index (χ0v) is 21.4. The number of carbonyl (C=O) groups excluding carboxylic acids is 2. The summed E-state index contributed by atoms with van der Waals surface area (Å²) < 4.78 is 38.5. The molecule has 4 aromatic rings. The van der Waals surface area contributed by atoms with Crippen LogP contribution in [0.15, 0.2) is 42.7 Å². The van der Waals surface area contributed by atoms with Gasteiger partial charge in [0.25, 0.3) is 11.8 Å². The van der Waals surface area contributed by atoms with Gasteiger partial charge in [0.05, 0.1) is 30.0 Å². The minimum atomic E-state index is -4.48. The molecule has 0 unspecified atom stereocenters. The number of halogens is 3. The van der Waals surface area contributed by atoms with Gasteiger partial charge in [-0.2, -0.15) is 13.2 Å². The zero-order valence-electron chi connectivity index (χ0n) is 19.7. The molecule has 38 heavy (non-hydrogen) atoms. The zero-order chi connectivity index (χ0) is 27.0. The molecule has 15 heteroatoms. The van der Waals surface area contributed by atoms with Gasteiger partial charge in [-0.25, -0.2) is 0 Å². The average Bonchev–Trinajstić information content (AvgIpc) is 3.59. The third-order valence-corrected chi connectivity index (χ3v) is 7.05. The number of rotatable bonds is 11. The Kier molecular flexibility index (Phi) is 9.02. The molecule has 0 radical (unpaired) electrons. The molecule has 4 rings (SSSR count). The first-order valence-electron chi connectivity index (χ1n) is 11.4. The van der Waals surface area contributed by atoms with E-state index in [1.165, 1.54) is 11.3 Å². The molecule has 0 aliphatic carbocycles. The third kappa shape index (κ3) is 7.82. The lowest BCUT2D eigenvalue weighted by atomic mass is 10.2. The number of hydrogen-bond donors (Lipinski definition) is 2. The second kappa shape index (κ2) is 12.6. The van der Waals surface area contributed by atoms with Crippen molar-refractivity contribution in [2.75, 3.05) is 0 Å². The van der Waals surface area contributed by atoms with E-state index in [0.717, 1.165) is 53.2 Å². The van der Waals surface area contributed by atoms with Crippen LogP contribution in [0.3, 0.4) is 0 Å². The van der Waals surface area contributed by atoms with E-state index in [1.54, 1.807) is 12.3 Å². The lowest BCUT2D eigenvalue weighted by Crippen LogP contribution is -2.23. The lowest BCUT2D eigenvalue weighted by Gasteiger charge is -2.08. The number of hydrogen-bond acceptors (Lipinski definition) is 10. The van der Waals surface area contributed by atoms with Crippen molar-refractivity contribution >= 4 is 34.5 Å². The maximum atomic E-state index is 12.8. The van der Waals surface area contributed by atoms with E-state index < -0.39 is 17.6 Å². The van der Waals surface area contributed by atoms with E-state index in [2.05, 4.69) is 41.0 Å². The van der Waals surface area contributed by atoms with Crippen LogP contribution in [-0.4, -0.2) is 42.2 Å². The maximum Gasteiger partial charge on any atom is 0.416 e. The Hall–Kier alpha value is -3.85. The summed E-state index contributed by atoms with van der Waals surface area (Å²) in [7, 11) is 0. The molecule has 4 aromatic heterocycles. The Morgan fingerprint density at radius 3 is 1.89 bits per heavy atom. The number of alkyl halides is 3. The van der Waals surface area contributed by atoms with Crippen LogP contribution < -0.4 is 10.6 Å². The molecule has 0 aliphatic rings. The summed E-state index contributed by atoms with van der Waals surface area (Å²) in [4.78, 5) is 32.6. The Balaban J connectivity index is 1.17. The maximum absolute atomic E-state index is 12.8. The van der Waals surface area contributed by atoms with Gasteiger partial charge in [-0.05, 0) is 37.1 Å². The summed E-state index contributed by atoms with van der Waals surface area (Å²) in [6, 6.07) is 7.22. The van der Waals surface area contributed by atoms with E-state index in [-0.39, 0.29) is 28.2 Å². The van der Waals surface area contributed by atoms with E-state index >= 15 is 0 Å². The van der Waals surface area contributed by atoms with Crippen LogP contribution in [0.5, 0.6) is 0 Å². The highest BCUT2D eigenvalue weighted by Crippen LogP contribution is 2.29. The molecule has 0 saturated carbocycles. The Labute approximate surface area is 222 Å². The molecule has 0 fully saturated rings. The van der Waals surface area contributed by atoms with Crippen molar-refractivity contribution < 1.29 is 22.8 Å². The van der Waals surface area contributed by atoms with Gasteiger partial charge in [0, 0.05) is 25.2 Å². The largest absolute Gasteiger partial charge is 0.416 e. The van der Waals surface area contributed by atoms with Gasteiger partial charge < -0.3 is 10.6 Å². The van der Waals surface area contributed by atoms with E-state index in [0.29, 0.717) is 24.4 Å². The Morgan fingerprint density at radius 1 is 0.763 bits per heavy atom. The van der Waals surface area contributed by atoms with E-state index in [4.69, 9.17) is 0 Å². The van der Waals surface area contributed by atoms with Gasteiger partial charge in [0.1, 0.15) is 10.0 Å². The van der Waals surface area contributed by atoms with Crippen molar-refractivity contribution in [1.29, 1.82) is 0 Å². The van der Waals surface area contributed by atoms with Crippen LogP contribution in [0.2, 0.25) is 0 Å². The second-order valence-corrected chi connectivity index (χ2v) is 10.1. The molecule has 0 saturated heterocycles. The predicted molar refractivity (Wildman–Crippen MR) is 132 cm³/mol. The number of aromatic nitrogens is 6. The van der Waals surface area contributed by atoms with Gasteiger partial charge in [0.2, 0.25) is 10.0 Å². The topological polar surface area (TPSA) is 136 Å². The van der Waals surface area contributed by atoms with Crippen molar-refractivity contribution in [3.8, 4) is 0 Å². The molecule has 10 nitrogen and oxygen atoms in total. The molecule has 2 amide bonds. The van der Waals surface area contributed by atoms with Crippen LogP contribution >= 0.6 is 22.7 Å². The second-order valence-electron chi connectivity index (χ2n) is 7.93. The highest BCUT2D eigenvalue weighted by Gasteiger charge is 2.30. The van der Waals surface area contributed by atoms with Crippen LogP contribution in [-0.2, 0) is 32.1 Å². The first-order valence-corrected chi connectivity index (χ1v) is 13.0. The van der Waals surface area contributed by atoms with Gasteiger partial charge in [-0.1, -0.05) is 28.7 Å². The van der Waals surface area contributed by atoms with Crippen molar-refractivity contribution in [3.63, 3.8) is 0 Å². The third-order valence-electron chi connectivity index (χ3n) is 5.08. The fraction of sp³-hybridized carbons (Fsp3) is 0.304. The molecule has 2 N–H and O–H groups in total. The molecule has 0 atom stereocenters. The minimum absolute atomic E-state index is 0.0865. The molecule has 0 aliphatic heterocycles. The SMILES string of the molecule is O=C(NCc1ccccn1)c1nnc(CCCCc2nnc(C(=O)NCc3cc(C(F)(F)F)ccn3)s2)s1. The number of carbonyl (C=O) groups is 2. The smallest absolute Gasteiger partial charge is 0.344 e. The number of aryl methyl sites for hydroxylation is 2. The van der Waals surface area contributed by atoms with E-state index in [9.17, 15) is 22.8 Å². The molecule has 0 bridgehead atoms. The van der Waals surface area contributed by atoms with Crippen LogP contribution in [0.4, 0.5) is 13.2 Å². The summed E-state index contributed by atoms with van der Waals surface area (Å²) in [6.45, 7) is 0.140. The van der Waals surface area contributed by atoms with Crippen molar-refractivity contribution in [1.82, 2.24) is 41.0 Å². The fourth-order valence-corrected chi connectivity index (χ4v) is 4.79. The molecule has 0 aromatic carbocycles. The van der Waals surface area contributed by atoms with Crippen LogP contribution in [0, 0.1) is 0 Å². The number of nitrogens with one attached hydrogen (secondary N) is 2. The summed E-state index contributed by atoms with van der Waals surface area (Å²) in [5.74, 6) is -0.835. The Bertz CT molecular complexity index is 1380. The fourth-order valence-electron chi connectivity index (χ4n) is 3.19. The number of pyridine rings is 2. The Morgan fingerprint density at radius 2 is 1.34 bits per heavy atom. The summed E-state index contributed by atoms with van der Waals surface area (Å²) >= 11 is 2.36. The first kappa shape index (κ1) is 27.2. The van der Waals surface area contributed by atoms with Crippen LogP contribution in [0.1, 0.15) is 59.4 Å². The quantitative estimate of drug-likeness (QED) is 0.265. The summed E-state index contributed by atoms with van der Waals surface area (Å²) in [5, 5.41) is 23.0. The first-order chi connectivity index (χ1) is 18.3. The van der Waals surface area contributed by atoms with Gasteiger partial charge >= 0.3 is 6.18 Å². The van der Waals surface area contributed by atoms with Crippen molar-refractivity contribution in [2.45, 2.75) is 44.9 Å². The molecule has 4 heterocycles. The standard InChI is InChI=1S/C23H21F3N8O2S2/c24-23(25,26)14-8-10-28-16(11-14)13-30-20(36)22-34-32-18(38-22)7-2-1-6-17-31-33-21(37-17)19(35)29-12-15-5-3-4-9-27-15/h3-5,8-11H,1-2,6-7,12-13H2,(H,29,35)(H,30,36). The summed E-state index contributed by atoms with van der Waals surface area (Å²) in [5.41, 5.74) is 0.00245. The molecular formula is C23H21F3N8O2S2. The average molecular weight is 563 g/mol. The molecule has 0 spiro atoms. The number of nitrogens with zero attached hydrogens (tertiary/aromatic N) is 6. The predicted octanol–water partition coefficient (Wildman–Crippen LogP) is 3.62. The minimum Gasteiger partial charge on any atom is -0.344 e. The van der Waals surface area contributed by atoms with Gasteiger partial charge in [-0.15, -0.1) is 20.4 Å². The monoisotopic (exact) mass is 562 g/mol. The lowest BCUT2D eigenvalue weighted by molar-refractivity contribution is -0.137. The molecule has 198 valence electrons. The molecular weight excluding hydrogens is 541 g/mol. The number of unbranched alkanes of at least 4 members (excludes halogenated alkanes) is 1. The van der Waals surface area contributed by atoms with E-state index in [1.807, 2.05) is 12.1 Å². The summed E-state index contributed by atoms with van der Waals surface area (Å²) in [6.07, 6.45) is 0.983. The van der Waals surface area contributed by atoms with Crippen molar-refractivity contribution in [2.24, 2.45) is 0 Å². The normalized spacial score (nSPS) is 11.3.